The van der Waals surface area contributed by atoms with Crippen LogP contribution in [0.25, 0.3) is 0 Å². The largest absolute Gasteiger partial charge is 0.355 e. The molecule has 3 rings (SSSR count). The SMILES string of the molecule is CCCN(CC1CC1)c1cncc(CNC2CC2)n1. The molecule has 19 heavy (non-hydrogen) atoms. The second kappa shape index (κ2) is 5.87. The van der Waals surface area contributed by atoms with Gasteiger partial charge < -0.3 is 10.2 Å². The Hall–Kier alpha value is -1.16. The summed E-state index contributed by atoms with van der Waals surface area (Å²) in [6.45, 7) is 5.33. The van der Waals surface area contributed by atoms with E-state index in [0.717, 1.165) is 43.1 Å². The van der Waals surface area contributed by atoms with Gasteiger partial charge in [-0.2, -0.15) is 0 Å². The summed E-state index contributed by atoms with van der Waals surface area (Å²) in [5, 5.41) is 3.50. The quantitative estimate of drug-likeness (QED) is 0.779. The molecule has 0 bridgehead atoms. The van der Waals surface area contributed by atoms with E-state index in [1.807, 2.05) is 12.4 Å². The molecular weight excluding hydrogens is 236 g/mol. The third-order valence-corrected chi connectivity index (χ3v) is 3.81. The van der Waals surface area contributed by atoms with Crippen molar-refractivity contribution in [3.63, 3.8) is 0 Å². The van der Waals surface area contributed by atoms with Crippen molar-refractivity contribution >= 4 is 5.82 Å². The maximum atomic E-state index is 4.77. The van der Waals surface area contributed by atoms with E-state index in [1.165, 1.54) is 32.1 Å². The smallest absolute Gasteiger partial charge is 0.147 e. The van der Waals surface area contributed by atoms with E-state index in [9.17, 15) is 0 Å². The first-order valence-electron chi connectivity index (χ1n) is 7.64. The second-order valence-electron chi connectivity index (χ2n) is 5.91. The van der Waals surface area contributed by atoms with Crippen LogP contribution in [0.4, 0.5) is 5.82 Å². The van der Waals surface area contributed by atoms with Crippen LogP contribution in [0.15, 0.2) is 12.4 Å². The van der Waals surface area contributed by atoms with Crippen molar-refractivity contribution in [2.24, 2.45) is 5.92 Å². The Labute approximate surface area is 115 Å². The average Bonchev–Trinajstić information content (AvgIpc) is 3.31. The van der Waals surface area contributed by atoms with Crippen molar-refractivity contribution in [3.05, 3.63) is 18.1 Å². The Kier molecular flexibility index (Phi) is 3.97. The molecule has 2 fully saturated rings. The first-order valence-corrected chi connectivity index (χ1v) is 7.64. The second-order valence-corrected chi connectivity index (χ2v) is 5.91. The van der Waals surface area contributed by atoms with Crippen molar-refractivity contribution in [1.82, 2.24) is 15.3 Å². The van der Waals surface area contributed by atoms with E-state index < -0.39 is 0 Å². The van der Waals surface area contributed by atoms with Gasteiger partial charge in [-0.1, -0.05) is 6.92 Å². The average molecular weight is 260 g/mol. The Morgan fingerprint density at radius 1 is 1.26 bits per heavy atom. The van der Waals surface area contributed by atoms with Crippen LogP contribution in [-0.4, -0.2) is 29.1 Å². The van der Waals surface area contributed by atoms with Crippen molar-refractivity contribution < 1.29 is 0 Å². The molecule has 4 heteroatoms. The maximum absolute atomic E-state index is 4.77. The van der Waals surface area contributed by atoms with E-state index in [1.54, 1.807) is 0 Å². The topological polar surface area (TPSA) is 41.1 Å². The van der Waals surface area contributed by atoms with Crippen LogP contribution in [0, 0.1) is 5.92 Å². The summed E-state index contributed by atoms with van der Waals surface area (Å²) in [7, 11) is 0. The fourth-order valence-corrected chi connectivity index (χ4v) is 2.35. The summed E-state index contributed by atoms with van der Waals surface area (Å²) in [6, 6.07) is 0.726. The lowest BCUT2D eigenvalue weighted by atomic mass is 10.3. The number of nitrogens with zero attached hydrogens (tertiary/aromatic N) is 3. The zero-order valence-corrected chi connectivity index (χ0v) is 11.8. The summed E-state index contributed by atoms with van der Waals surface area (Å²) < 4.78 is 0. The van der Waals surface area contributed by atoms with Gasteiger partial charge >= 0.3 is 0 Å². The molecule has 1 aromatic rings. The molecule has 0 aromatic carbocycles. The number of nitrogens with one attached hydrogen (secondary N) is 1. The fraction of sp³-hybridized carbons (Fsp3) is 0.733. The van der Waals surface area contributed by atoms with Gasteiger partial charge in [0.15, 0.2) is 0 Å². The molecule has 104 valence electrons. The molecule has 0 unspecified atom stereocenters. The van der Waals surface area contributed by atoms with Crippen molar-refractivity contribution in [2.45, 2.75) is 51.6 Å². The van der Waals surface area contributed by atoms with Crippen LogP contribution in [0.5, 0.6) is 0 Å². The predicted molar refractivity (Wildman–Crippen MR) is 77.1 cm³/mol. The summed E-state index contributed by atoms with van der Waals surface area (Å²) in [6.07, 6.45) is 10.4. The summed E-state index contributed by atoms with van der Waals surface area (Å²) in [5.41, 5.74) is 1.07. The summed E-state index contributed by atoms with van der Waals surface area (Å²) in [4.78, 5) is 11.6. The number of hydrogen-bond donors (Lipinski definition) is 1. The van der Waals surface area contributed by atoms with Crippen LogP contribution in [0.3, 0.4) is 0 Å². The van der Waals surface area contributed by atoms with Crippen LogP contribution in [0.1, 0.15) is 44.7 Å². The number of rotatable bonds is 8. The number of hydrogen-bond acceptors (Lipinski definition) is 4. The van der Waals surface area contributed by atoms with Crippen LogP contribution in [0.2, 0.25) is 0 Å². The van der Waals surface area contributed by atoms with Gasteiger partial charge in [-0.25, -0.2) is 4.98 Å². The molecule has 0 radical (unpaired) electrons. The standard InChI is InChI=1S/C15H24N4/c1-2-7-19(11-12-3-4-12)15-10-16-8-14(18-15)9-17-13-5-6-13/h8,10,12-13,17H,2-7,9,11H2,1H3. The molecule has 1 aromatic heterocycles. The van der Waals surface area contributed by atoms with Gasteiger partial charge in [0, 0.05) is 31.9 Å². The monoisotopic (exact) mass is 260 g/mol. The van der Waals surface area contributed by atoms with Gasteiger partial charge in [-0.05, 0) is 38.0 Å². The van der Waals surface area contributed by atoms with Crippen molar-refractivity contribution in [3.8, 4) is 0 Å². The molecule has 4 nitrogen and oxygen atoms in total. The first kappa shape index (κ1) is 12.9. The van der Waals surface area contributed by atoms with E-state index in [0.29, 0.717) is 0 Å². The lowest BCUT2D eigenvalue weighted by Gasteiger charge is -2.23. The minimum absolute atomic E-state index is 0.726. The predicted octanol–water partition coefficient (Wildman–Crippen LogP) is 2.36. The number of anilines is 1. The first-order chi connectivity index (χ1) is 9.35. The van der Waals surface area contributed by atoms with Crippen LogP contribution in [-0.2, 0) is 6.54 Å². The summed E-state index contributed by atoms with van der Waals surface area (Å²) >= 11 is 0. The van der Waals surface area contributed by atoms with Crippen molar-refractivity contribution in [2.75, 3.05) is 18.0 Å². The van der Waals surface area contributed by atoms with Gasteiger partial charge in [-0.15, -0.1) is 0 Å². The third kappa shape index (κ3) is 3.90. The van der Waals surface area contributed by atoms with Crippen LogP contribution >= 0.6 is 0 Å². The Bertz CT molecular complexity index is 412. The minimum atomic E-state index is 0.726. The molecule has 2 saturated carbocycles. The summed E-state index contributed by atoms with van der Waals surface area (Å²) in [5.74, 6) is 1.95. The molecule has 0 spiro atoms. The highest BCUT2D eigenvalue weighted by atomic mass is 15.2. The maximum Gasteiger partial charge on any atom is 0.147 e. The molecule has 0 aliphatic heterocycles. The van der Waals surface area contributed by atoms with Gasteiger partial charge in [0.05, 0.1) is 11.9 Å². The van der Waals surface area contributed by atoms with Gasteiger partial charge in [0.25, 0.3) is 0 Å². The third-order valence-electron chi connectivity index (χ3n) is 3.81. The molecule has 0 amide bonds. The van der Waals surface area contributed by atoms with Crippen LogP contribution < -0.4 is 10.2 Å². The molecule has 0 atom stereocenters. The van der Waals surface area contributed by atoms with E-state index in [4.69, 9.17) is 4.98 Å². The minimum Gasteiger partial charge on any atom is -0.355 e. The van der Waals surface area contributed by atoms with Gasteiger partial charge in [0.2, 0.25) is 0 Å². The zero-order valence-electron chi connectivity index (χ0n) is 11.8. The number of aromatic nitrogens is 2. The van der Waals surface area contributed by atoms with Gasteiger partial charge in [-0.3, -0.25) is 4.98 Å². The molecular formula is C15H24N4. The highest BCUT2D eigenvalue weighted by Gasteiger charge is 2.25. The molecule has 1 heterocycles. The normalized spacial score (nSPS) is 18.6. The lowest BCUT2D eigenvalue weighted by Crippen LogP contribution is -2.28. The van der Waals surface area contributed by atoms with Crippen molar-refractivity contribution in [1.29, 1.82) is 0 Å². The van der Waals surface area contributed by atoms with E-state index in [-0.39, 0.29) is 0 Å². The highest BCUT2D eigenvalue weighted by molar-refractivity contribution is 5.36. The Balaban J connectivity index is 1.63. The molecule has 1 N–H and O–H groups in total. The zero-order chi connectivity index (χ0) is 13.1. The van der Waals surface area contributed by atoms with E-state index >= 15 is 0 Å². The van der Waals surface area contributed by atoms with Gasteiger partial charge in [0.1, 0.15) is 5.82 Å². The Morgan fingerprint density at radius 2 is 2.11 bits per heavy atom. The molecule has 2 aliphatic rings. The Morgan fingerprint density at radius 3 is 2.79 bits per heavy atom. The van der Waals surface area contributed by atoms with E-state index in [2.05, 4.69) is 22.1 Å². The highest BCUT2D eigenvalue weighted by Crippen LogP contribution is 2.31. The molecule has 2 aliphatic carbocycles. The molecule has 0 saturated heterocycles. The lowest BCUT2D eigenvalue weighted by molar-refractivity contribution is 0.661. The fourth-order valence-electron chi connectivity index (χ4n) is 2.35.